The molecule has 0 saturated carbocycles. The van der Waals surface area contributed by atoms with E-state index >= 15 is 0 Å². The molecule has 0 spiro atoms. The molecule has 32 heavy (non-hydrogen) atoms. The molecule has 0 aliphatic heterocycles. The molecule has 4 N–H and O–H groups in total. The van der Waals surface area contributed by atoms with E-state index in [2.05, 4.69) is 20.1 Å². The van der Waals surface area contributed by atoms with Crippen molar-refractivity contribution in [2.24, 2.45) is 0 Å². The second kappa shape index (κ2) is 10.5. The number of phosphoric ester groups is 1. The number of amides is 2. The summed E-state index contributed by atoms with van der Waals surface area (Å²) in [6.45, 7) is 1.55. The minimum absolute atomic E-state index is 0.000557. The van der Waals surface area contributed by atoms with E-state index in [1.54, 1.807) is 12.1 Å². The van der Waals surface area contributed by atoms with Crippen molar-refractivity contribution in [3.63, 3.8) is 0 Å². The van der Waals surface area contributed by atoms with Gasteiger partial charge in [0.15, 0.2) is 0 Å². The number of nitrogens with one attached hydrogen (secondary N) is 2. The lowest BCUT2D eigenvalue weighted by Gasteiger charge is -2.17. The van der Waals surface area contributed by atoms with Gasteiger partial charge >= 0.3 is 7.82 Å². The first-order valence-corrected chi connectivity index (χ1v) is 12.0. The fourth-order valence-corrected chi connectivity index (χ4v) is 4.07. The van der Waals surface area contributed by atoms with Gasteiger partial charge in [0.25, 0.3) is 0 Å². The fourth-order valence-electron chi connectivity index (χ4n) is 2.93. The molecule has 1 unspecified atom stereocenters. The molecule has 168 valence electrons. The summed E-state index contributed by atoms with van der Waals surface area (Å²) in [6.07, 6.45) is 0.189. The van der Waals surface area contributed by atoms with E-state index in [1.165, 1.54) is 30.4 Å². The van der Waals surface area contributed by atoms with E-state index in [1.807, 2.05) is 35.7 Å². The van der Waals surface area contributed by atoms with Gasteiger partial charge in [-0.15, -0.1) is 11.3 Å². The maximum Gasteiger partial charge on any atom is 0.524 e. The molecule has 2 amide bonds. The first kappa shape index (κ1) is 23.6. The van der Waals surface area contributed by atoms with Crippen LogP contribution in [-0.2, 0) is 27.1 Å². The standard InChI is InChI=1S/C21H22N3O6PS/c1-14(25)23-18(11-15-7-9-17(10-8-15)30-31(27,28)29)21(26)22-12-20-24-19(13-32-20)16-5-3-2-4-6-16/h2-10,13,18H,11-12H2,1H3,(H,22,26)(H,23,25)(H2,27,28,29). The zero-order valence-electron chi connectivity index (χ0n) is 17.1. The van der Waals surface area contributed by atoms with Crippen LogP contribution in [0.3, 0.4) is 0 Å². The van der Waals surface area contributed by atoms with Crippen molar-refractivity contribution < 1.29 is 28.5 Å². The third kappa shape index (κ3) is 7.28. The van der Waals surface area contributed by atoms with Gasteiger partial charge in [-0.1, -0.05) is 42.5 Å². The first-order chi connectivity index (χ1) is 15.2. The Kier molecular flexibility index (Phi) is 7.76. The number of hydrogen-bond acceptors (Lipinski definition) is 6. The molecule has 2 aromatic carbocycles. The minimum atomic E-state index is -4.65. The highest BCUT2D eigenvalue weighted by atomic mass is 32.1. The van der Waals surface area contributed by atoms with Crippen molar-refractivity contribution in [2.75, 3.05) is 0 Å². The second-order valence-electron chi connectivity index (χ2n) is 6.89. The molecule has 0 aliphatic carbocycles. The Morgan fingerprint density at radius 3 is 2.44 bits per heavy atom. The molecule has 1 heterocycles. The molecule has 11 heteroatoms. The van der Waals surface area contributed by atoms with E-state index < -0.39 is 13.9 Å². The van der Waals surface area contributed by atoms with Crippen LogP contribution in [0.25, 0.3) is 11.3 Å². The maximum atomic E-state index is 12.7. The number of benzene rings is 2. The summed E-state index contributed by atoms with van der Waals surface area (Å²) in [5, 5.41) is 8.08. The molecule has 0 saturated heterocycles. The molecule has 0 bridgehead atoms. The van der Waals surface area contributed by atoms with Gasteiger partial charge in [0.1, 0.15) is 16.8 Å². The molecule has 9 nitrogen and oxygen atoms in total. The topological polar surface area (TPSA) is 138 Å². The number of carbonyl (C=O) groups is 2. The van der Waals surface area contributed by atoms with Crippen LogP contribution in [0.15, 0.2) is 60.0 Å². The van der Waals surface area contributed by atoms with Crippen molar-refractivity contribution in [1.29, 1.82) is 0 Å². The lowest BCUT2D eigenvalue weighted by atomic mass is 10.0. The maximum absolute atomic E-state index is 12.7. The molecule has 3 aromatic rings. The second-order valence-corrected chi connectivity index (χ2v) is 9.00. The predicted molar refractivity (Wildman–Crippen MR) is 120 cm³/mol. The van der Waals surface area contributed by atoms with Crippen LogP contribution in [0.1, 0.15) is 17.5 Å². The SMILES string of the molecule is CC(=O)NC(Cc1ccc(OP(=O)(O)O)cc1)C(=O)NCc1nc(-c2ccccc2)cs1. The van der Waals surface area contributed by atoms with E-state index in [0.29, 0.717) is 5.56 Å². The molecule has 1 atom stereocenters. The summed E-state index contributed by atoms with van der Waals surface area (Å²) >= 11 is 1.43. The van der Waals surface area contributed by atoms with Crippen LogP contribution in [-0.4, -0.2) is 32.6 Å². The summed E-state index contributed by atoms with van der Waals surface area (Å²) in [5.41, 5.74) is 2.50. The number of thiazole rings is 1. The van der Waals surface area contributed by atoms with Crippen LogP contribution in [0.4, 0.5) is 0 Å². The Morgan fingerprint density at radius 2 is 1.81 bits per heavy atom. The van der Waals surface area contributed by atoms with Crippen LogP contribution in [0.2, 0.25) is 0 Å². The van der Waals surface area contributed by atoms with Crippen molar-refractivity contribution in [1.82, 2.24) is 15.6 Å². The molecule has 3 rings (SSSR count). The van der Waals surface area contributed by atoms with Gasteiger partial charge < -0.3 is 15.2 Å². The molecular weight excluding hydrogens is 453 g/mol. The van der Waals surface area contributed by atoms with Gasteiger partial charge in [-0.05, 0) is 17.7 Å². The Morgan fingerprint density at radius 1 is 1.12 bits per heavy atom. The summed E-state index contributed by atoms with van der Waals surface area (Å²) in [5.74, 6) is -0.722. The number of phosphoric acid groups is 1. The number of nitrogens with zero attached hydrogens (tertiary/aromatic N) is 1. The molecule has 0 fully saturated rings. The number of hydrogen-bond donors (Lipinski definition) is 4. The molecular formula is C21H22N3O6PS. The Balaban J connectivity index is 1.62. The van der Waals surface area contributed by atoms with Gasteiger partial charge in [0.05, 0.1) is 12.2 Å². The minimum Gasteiger partial charge on any atom is -0.404 e. The van der Waals surface area contributed by atoms with E-state index in [0.717, 1.165) is 16.3 Å². The molecule has 0 aliphatic rings. The lowest BCUT2D eigenvalue weighted by Crippen LogP contribution is -2.47. The van der Waals surface area contributed by atoms with Gasteiger partial charge in [-0.25, -0.2) is 9.55 Å². The number of rotatable bonds is 9. The number of aromatic nitrogens is 1. The highest BCUT2D eigenvalue weighted by Crippen LogP contribution is 2.37. The third-order valence-electron chi connectivity index (χ3n) is 4.32. The monoisotopic (exact) mass is 475 g/mol. The average molecular weight is 475 g/mol. The van der Waals surface area contributed by atoms with Crippen LogP contribution in [0, 0.1) is 0 Å². The highest BCUT2D eigenvalue weighted by Gasteiger charge is 2.21. The van der Waals surface area contributed by atoms with Gasteiger partial charge in [0.2, 0.25) is 11.8 Å². The quantitative estimate of drug-likeness (QED) is 0.349. The van der Waals surface area contributed by atoms with E-state index in [9.17, 15) is 14.2 Å². The smallest absolute Gasteiger partial charge is 0.404 e. The van der Waals surface area contributed by atoms with Crippen molar-refractivity contribution >= 4 is 31.0 Å². The van der Waals surface area contributed by atoms with Crippen LogP contribution in [0.5, 0.6) is 5.75 Å². The van der Waals surface area contributed by atoms with Gasteiger partial charge in [-0.3, -0.25) is 19.4 Å². The Hall–Kier alpha value is -3.04. The lowest BCUT2D eigenvalue weighted by molar-refractivity contribution is -0.128. The molecule has 1 aromatic heterocycles. The average Bonchev–Trinajstić information content (AvgIpc) is 3.21. The van der Waals surface area contributed by atoms with E-state index in [-0.39, 0.29) is 30.5 Å². The zero-order chi connectivity index (χ0) is 23.1. The summed E-state index contributed by atoms with van der Waals surface area (Å²) in [4.78, 5) is 46.6. The van der Waals surface area contributed by atoms with Crippen molar-refractivity contribution in [2.45, 2.75) is 25.9 Å². The Labute approximate surface area is 188 Å². The van der Waals surface area contributed by atoms with Crippen molar-refractivity contribution in [3.8, 4) is 17.0 Å². The third-order valence-corrected chi connectivity index (χ3v) is 5.61. The van der Waals surface area contributed by atoms with Crippen molar-refractivity contribution in [3.05, 3.63) is 70.5 Å². The molecule has 0 radical (unpaired) electrons. The Bertz CT molecular complexity index is 1110. The largest absolute Gasteiger partial charge is 0.524 e. The number of carbonyl (C=O) groups excluding carboxylic acids is 2. The summed E-state index contributed by atoms with van der Waals surface area (Å²) in [7, 11) is -4.65. The zero-order valence-corrected chi connectivity index (χ0v) is 18.8. The summed E-state index contributed by atoms with van der Waals surface area (Å²) < 4.78 is 15.4. The van der Waals surface area contributed by atoms with Crippen LogP contribution < -0.4 is 15.2 Å². The first-order valence-electron chi connectivity index (χ1n) is 9.58. The predicted octanol–water partition coefficient (Wildman–Crippen LogP) is 2.65. The summed E-state index contributed by atoms with van der Waals surface area (Å²) in [6, 6.07) is 14.8. The van der Waals surface area contributed by atoms with Crippen LogP contribution >= 0.6 is 19.2 Å². The normalized spacial score (nSPS) is 12.1. The highest BCUT2D eigenvalue weighted by molar-refractivity contribution is 7.46. The van der Waals surface area contributed by atoms with Gasteiger partial charge in [-0.2, -0.15) is 0 Å². The fraction of sp³-hybridized carbons (Fsp3) is 0.190. The van der Waals surface area contributed by atoms with Gasteiger partial charge in [0, 0.05) is 24.3 Å². The van der Waals surface area contributed by atoms with E-state index in [4.69, 9.17) is 9.79 Å².